The van der Waals surface area contributed by atoms with Crippen LogP contribution in [0.15, 0.2) is 0 Å². The van der Waals surface area contributed by atoms with E-state index in [4.69, 9.17) is 0 Å². The highest BCUT2D eigenvalue weighted by atomic mass is 15.1. The average molecular weight is 229 g/mol. The van der Waals surface area contributed by atoms with Crippen LogP contribution in [0.4, 0.5) is 0 Å². The molecule has 0 aromatic rings. The summed E-state index contributed by atoms with van der Waals surface area (Å²) in [5.74, 6) is 0. The normalized spacial score (nSPS) is 11.6. The van der Waals surface area contributed by atoms with Crippen molar-refractivity contribution in [2.75, 3.05) is 52.9 Å². The Labute approximate surface area is 102 Å². The lowest BCUT2D eigenvalue weighted by Crippen LogP contribution is -2.35. The molecule has 0 spiro atoms. The van der Waals surface area contributed by atoms with Crippen LogP contribution < -0.4 is 5.32 Å². The van der Waals surface area contributed by atoms with Gasteiger partial charge in [0, 0.05) is 26.2 Å². The molecule has 0 unspecified atom stereocenters. The number of nitrogens with one attached hydrogen (secondary N) is 1. The molecule has 0 saturated carbocycles. The molecule has 0 radical (unpaired) electrons. The van der Waals surface area contributed by atoms with Gasteiger partial charge in [0.2, 0.25) is 0 Å². The Balaban J connectivity index is 3.25. The first kappa shape index (κ1) is 15.9. The van der Waals surface area contributed by atoms with Crippen molar-refractivity contribution in [2.45, 2.75) is 33.6 Å². The molecule has 0 amide bonds. The van der Waals surface area contributed by atoms with Crippen LogP contribution >= 0.6 is 0 Å². The zero-order valence-corrected chi connectivity index (χ0v) is 11.8. The number of hydrogen-bond donors (Lipinski definition) is 1. The minimum atomic E-state index is 1.11. The van der Waals surface area contributed by atoms with E-state index in [9.17, 15) is 0 Å². The summed E-state index contributed by atoms with van der Waals surface area (Å²) in [6, 6.07) is 0. The average Bonchev–Trinajstić information content (AvgIpc) is 2.31. The predicted octanol–water partition coefficient (Wildman–Crippen LogP) is 1.65. The Hall–Kier alpha value is -0.120. The summed E-state index contributed by atoms with van der Waals surface area (Å²) in [7, 11) is 2.21. The van der Waals surface area contributed by atoms with Gasteiger partial charge in [-0.15, -0.1) is 0 Å². The Morgan fingerprint density at radius 3 is 2.06 bits per heavy atom. The van der Waals surface area contributed by atoms with Crippen LogP contribution in [0, 0.1) is 0 Å². The van der Waals surface area contributed by atoms with Crippen molar-refractivity contribution in [3.8, 4) is 0 Å². The number of nitrogens with zero attached hydrogens (tertiary/aromatic N) is 2. The highest BCUT2D eigenvalue weighted by molar-refractivity contribution is 4.58. The topological polar surface area (TPSA) is 18.5 Å². The number of likely N-dealkylation sites (N-methyl/N-ethyl adjacent to an activating group) is 2. The molecule has 0 fully saturated rings. The lowest BCUT2D eigenvalue weighted by Gasteiger charge is -2.19. The fourth-order valence-corrected chi connectivity index (χ4v) is 1.71. The van der Waals surface area contributed by atoms with Gasteiger partial charge in [-0.2, -0.15) is 0 Å². The molecule has 0 atom stereocenters. The van der Waals surface area contributed by atoms with Crippen molar-refractivity contribution in [3.05, 3.63) is 0 Å². The van der Waals surface area contributed by atoms with Crippen LogP contribution in [-0.2, 0) is 0 Å². The van der Waals surface area contributed by atoms with Crippen molar-refractivity contribution in [2.24, 2.45) is 0 Å². The van der Waals surface area contributed by atoms with Crippen LogP contribution in [0.25, 0.3) is 0 Å². The molecule has 0 aliphatic heterocycles. The fourth-order valence-electron chi connectivity index (χ4n) is 1.71. The van der Waals surface area contributed by atoms with Gasteiger partial charge in [-0.05, 0) is 33.1 Å². The van der Waals surface area contributed by atoms with E-state index >= 15 is 0 Å². The highest BCUT2D eigenvalue weighted by Crippen LogP contribution is 1.90. The van der Waals surface area contributed by atoms with E-state index in [1.807, 2.05) is 0 Å². The highest BCUT2D eigenvalue weighted by Gasteiger charge is 1.99. The minimum Gasteiger partial charge on any atom is -0.314 e. The van der Waals surface area contributed by atoms with Crippen LogP contribution in [-0.4, -0.2) is 62.7 Å². The third-order valence-corrected chi connectivity index (χ3v) is 3.06. The van der Waals surface area contributed by atoms with Gasteiger partial charge in [0.25, 0.3) is 0 Å². The molecular formula is C13H31N3. The smallest absolute Gasteiger partial charge is 0.0107 e. The van der Waals surface area contributed by atoms with E-state index in [1.54, 1.807) is 0 Å². The van der Waals surface area contributed by atoms with Gasteiger partial charge in [0.1, 0.15) is 0 Å². The molecule has 0 heterocycles. The summed E-state index contributed by atoms with van der Waals surface area (Å²) in [4.78, 5) is 4.86. The second-order valence-electron chi connectivity index (χ2n) is 4.43. The first-order chi connectivity index (χ1) is 7.74. The van der Waals surface area contributed by atoms with Crippen molar-refractivity contribution in [1.29, 1.82) is 0 Å². The van der Waals surface area contributed by atoms with Gasteiger partial charge >= 0.3 is 0 Å². The molecule has 3 heteroatoms. The monoisotopic (exact) mass is 229 g/mol. The van der Waals surface area contributed by atoms with E-state index in [-0.39, 0.29) is 0 Å². The third kappa shape index (κ3) is 9.13. The molecule has 0 rings (SSSR count). The summed E-state index contributed by atoms with van der Waals surface area (Å²) in [5, 5.41) is 3.51. The molecule has 0 saturated heterocycles. The molecule has 1 N–H and O–H groups in total. The number of hydrogen-bond acceptors (Lipinski definition) is 3. The lowest BCUT2D eigenvalue weighted by molar-refractivity contribution is 0.291. The lowest BCUT2D eigenvalue weighted by atomic mass is 10.3. The maximum atomic E-state index is 3.51. The standard InChI is InChI=1S/C13H31N3/c1-5-8-11-15(4)12-9-14-10-13-16(6-2)7-3/h14H,5-13H2,1-4H3. The van der Waals surface area contributed by atoms with E-state index < -0.39 is 0 Å². The Morgan fingerprint density at radius 1 is 0.875 bits per heavy atom. The zero-order chi connectivity index (χ0) is 12.2. The maximum Gasteiger partial charge on any atom is 0.0107 e. The van der Waals surface area contributed by atoms with E-state index in [0.29, 0.717) is 0 Å². The second-order valence-corrected chi connectivity index (χ2v) is 4.43. The maximum absolute atomic E-state index is 3.51. The summed E-state index contributed by atoms with van der Waals surface area (Å²) in [5.41, 5.74) is 0. The Morgan fingerprint density at radius 2 is 1.50 bits per heavy atom. The van der Waals surface area contributed by atoms with E-state index in [0.717, 1.165) is 32.7 Å². The zero-order valence-electron chi connectivity index (χ0n) is 11.8. The SMILES string of the molecule is CCCCN(C)CCNCCN(CC)CC. The number of unbranched alkanes of at least 4 members (excludes halogenated alkanes) is 1. The third-order valence-electron chi connectivity index (χ3n) is 3.06. The van der Waals surface area contributed by atoms with Crippen LogP contribution in [0.2, 0.25) is 0 Å². The number of rotatable bonds is 11. The van der Waals surface area contributed by atoms with Crippen LogP contribution in [0.1, 0.15) is 33.6 Å². The van der Waals surface area contributed by atoms with Gasteiger partial charge in [-0.1, -0.05) is 27.2 Å². The van der Waals surface area contributed by atoms with Crippen molar-refractivity contribution in [1.82, 2.24) is 15.1 Å². The van der Waals surface area contributed by atoms with E-state index in [2.05, 4.69) is 42.9 Å². The molecule has 0 aromatic carbocycles. The summed E-state index contributed by atoms with van der Waals surface area (Å²) in [6.07, 6.45) is 2.61. The summed E-state index contributed by atoms with van der Waals surface area (Å²) in [6.45, 7) is 14.8. The van der Waals surface area contributed by atoms with Gasteiger partial charge in [-0.25, -0.2) is 0 Å². The van der Waals surface area contributed by atoms with Gasteiger partial charge in [0.15, 0.2) is 0 Å². The van der Waals surface area contributed by atoms with Gasteiger partial charge in [-0.3, -0.25) is 0 Å². The molecule has 0 aliphatic rings. The fraction of sp³-hybridized carbons (Fsp3) is 1.00. The van der Waals surface area contributed by atoms with Gasteiger partial charge in [0.05, 0.1) is 0 Å². The predicted molar refractivity (Wildman–Crippen MR) is 73.1 cm³/mol. The quantitative estimate of drug-likeness (QED) is 0.544. The Bertz CT molecular complexity index is 135. The molecule has 0 aromatic heterocycles. The summed E-state index contributed by atoms with van der Waals surface area (Å²) >= 11 is 0. The molecule has 0 bridgehead atoms. The Kier molecular flexibility index (Phi) is 11.3. The molecule has 0 aliphatic carbocycles. The second kappa shape index (κ2) is 11.4. The van der Waals surface area contributed by atoms with Crippen LogP contribution in [0.5, 0.6) is 0 Å². The molecular weight excluding hydrogens is 198 g/mol. The van der Waals surface area contributed by atoms with Gasteiger partial charge < -0.3 is 15.1 Å². The van der Waals surface area contributed by atoms with Crippen molar-refractivity contribution >= 4 is 0 Å². The van der Waals surface area contributed by atoms with Crippen molar-refractivity contribution in [3.63, 3.8) is 0 Å². The molecule has 3 nitrogen and oxygen atoms in total. The van der Waals surface area contributed by atoms with Crippen LogP contribution in [0.3, 0.4) is 0 Å². The minimum absolute atomic E-state index is 1.11. The van der Waals surface area contributed by atoms with Crippen molar-refractivity contribution < 1.29 is 0 Å². The van der Waals surface area contributed by atoms with E-state index in [1.165, 1.54) is 25.9 Å². The first-order valence-electron chi connectivity index (χ1n) is 6.86. The first-order valence-corrected chi connectivity index (χ1v) is 6.86. The largest absolute Gasteiger partial charge is 0.314 e. The summed E-state index contributed by atoms with van der Waals surface area (Å²) < 4.78 is 0. The molecule has 98 valence electrons. The molecule has 16 heavy (non-hydrogen) atoms.